The maximum Gasteiger partial charge on any atom is 0.311 e. The largest absolute Gasteiger partial charge is 0.466 e. The van der Waals surface area contributed by atoms with Crippen LogP contribution in [0.5, 0.6) is 0 Å². The van der Waals surface area contributed by atoms with Crippen molar-refractivity contribution in [3.63, 3.8) is 0 Å². The highest BCUT2D eigenvalue weighted by Crippen LogP contribution is 2.40. The highest BCUT2D eigenvalue weighted by atomic mass is 16.7. The molecule has 1 atom stereocenters. The van der Waals surface area contributed by atoms with Crippen LogP contribution in [0.3, 0.4) is 0 Å². The highest BCUT2D eigenvalue weighted by molar-refractivity contribution is 5.70. The van der Waals surface area contributed by atoms with Gasteiger partial charge in [0, 0.05) is 5.92 Å². The topological polar surface area (TPSA) is 44.8 Å². The maximum absolute atomic E-state index is 11.7. The van der Waals surface area contributed by atoms with Crippen LogP contribution in [-0.2, 0) is 19.0 Å². The molecule has 4 heteroatoms. The van der Waals surface area contributed by atoms with Gasteiger partial charge < -0.3 is 14.2 Å². The van der Waals surface area contributed by atoms with E-state index in [0.717, 1.165) is 19.3 Å². The van der Waals surface area contributed by atoms with Crippen LogP contribution in [0.1, 0.15) is 39.5 Å². The van der Waals surface area contributed by atoms with Gasteiger partial charge in [-0.25, -0.2) is 0 Å². The molecule has 18 heavy (non-hydrogen) atoms. The molecule has 0 bridgehead atoms. The lowest BCUT2D eigenvalue weighted by molar-refractivity contribution is -0.209. The van der Waals surface area contributed by atoms with Crippen LogP contribution in [0.4, 0.5) is 0 Å². The van der Waals surface area contributed by atoms with Crippen molar-refractivity contribution in [1.82, 2.24) is 0 Å². The summed E-state index contributed by atoms with van der Waals surface area (Å²) in [5, 5.41) is 0. The van der Waals surface area contributed by atoms with Crippen molar-refractivity contribution in [1.29, 1.82) is 0 Å². The SMILES string of the molecule is CCOC(=O)CC1(C2CC=C(C)CC2)OCCO1. The molecule has 1 heterocycles. The maximum atomic E-state index is 11.7. The molecule has 1 fully saturated rings. The zero-order chi connectivity index (χ0) is 13.0. The summed E-state index contributed by atoms with van der Waals surface area (Å²) in [6.07, 6.45) is 5.43. The average molecular weight is 254 g/mol. The molecule has 4 nitrogen and oxygen atoms in total. The van der Waals surface area contributed by atoms with Crippen LogP contribution < -0.4 is 0 Å². The minimum Gasteiger partial charge on any atom is -0.466 e. The van der Waals surface area contributed by atoms with E-state index in [1.807, 2.05) is 6.92 Å². The Morgan fingerprint density at radius 3 is 2.78 bits per heavy atom. The van der Waals surface area contributed by atoms with E-state index in [1.54, 1.807) is 0 Å². The van der Waals surface area contributed by atoms with Gasteiger partial charge in [-0.2, -0.15) is 0 Å². The van der Waals surface area contributed by atoms with Crippen molar-refractivity contribution in [3.05, 3.63) is 11.6 Å². The Hall–Kier alpha value is -0.870. The zero-order valence-corrected chi connectivity index (χ0v) is 11.2. The van der Waals surface area contributed by atoms with Crippen molar-refractivity contribution in [2.24, 2.45) is 5.92 Å². The van der Waals surface area contributed by atoms with Crippen molar-refractivity contribution >= 4 is 5.97 Å². The van der Waals surface area contributed by atoms with Gasteiger partial charge in [0.1, 0.15) is 0 Å². The predicted molar refractivity (Wildman–Crippen MR) is 67.0 cm³/mol. The van der Waals surface area contributed by atoms with Gasteiger partial charge in [0.2, 0.25) is 0 Å². The van der Waals surface area contributed by atoms with E-state index >= 15 is 0 Å². The van der Waals surface area contributed by atoms with Crippen LogP contribution >= 0.6 is 0 Å². The number of carbonyl (C=O) groups is 1. The fraction of sp³-hybridized carbons (Fsp3) is 0.786. The Bertz CT molecular complexity index is 329. The lowest BCUT2D eigenvalue weighted by Gasteiger charge is -2.36. The third-order valence-corrected chi connectivity index (χ3v) is 3.73. The smallest absolute Gasteiger partial charge is 0.311 e. The fourth-order valence-electron chi connectivity index (χ4n) is 2.73. The third-order valence-electron chi connectivity index (χ3n) is 3.73. The number of carbonyl (C=O) groups excluding carboxylic acids is 1. The minimum absolute atomic E-state index is 0.207. The fourth-order valence-corrected chi connectivity index (χ4v) is 2.73. The van der Waals surface area contributed by atoms with Gasteiger partial charge >= 0.3 is 5.97 Å². The van der Waals surface area contributed by atoms with Gasteiger partial charge in [-0.05, 0) is 33.1 Å². The van der Waals surface area contributed by atoms with Crippen molar-refractivity contribution in [2.45, 2.75) is 45.3 Å². The molecule has 0 spiro atoms. The molecule has 0 aromatic carbocycles. The van der Waals surface area contributed by atoms with E-state index in [0.29, 0.717) is 19.8 Å². The van der Waals surface area contributed by atoms with E-state index in [-0.39, 0.29) is 18.3 Å². The van der Waals surface area contributed by atoms with E-state index in [9.17, 15) is 4.79 Å². The first-order valence-electron chi connectivity index (χ1n) is 6.75. The second-order valence-corrected chi connectivity index (χ2v) is 5.01. The summed E-state index contributed by atoms with van der Waals surface area (Å²) in [7, 11) is 0. The molecule has 0 aromatic heterocycles. The molecular formula is C14H22O4. The molecule has 1 aliphatic heterocycles. The summed E-state index contributed by atoms with van der Waals surface area (Å²) in [5.41, 5.74) is 1.41. The number of rotatable bonds is 4. The van der Waals surface area contributed by atoms with Crippen molar-refractivity contribution < 1.29 is 19.0 Å². The molecule has 2 aliphatic rings. The molecule has 0 amide bonds. The van der Waals surface area contributed by atoms with Crippen molar-refractivity contribution in [3.8, 4) is 0 Å². The first kappa shape index (κ1) is 13.6. The summed E-state index contributed by atoms with van der Waals surface area (Å²) in [4.78, 5) is 11.7. The van der Waals surface area contributed by atoms with E-state index in [4.69, 9.17) is 14.2 Å². The van der Waals surface area contributed by atoms with Crippen LogP contribution in [0, 0.1) is 5.92 Å². The molecule has 0 N–H and O–H groups in total. The van der Waals surface area contributed by atoms with Crippen LogP contribution in [-0.4, -0.2) is 31.6 Å². The third kappa shape index (κ3) is 2.93. The minimum atomic E-state index is -0.747. The van der Waals surface area contributed by atoms with Gasteiger partial charge in [0.05, 0.1) is 26.2 Å². The summed E-state index contributed by atoms with van der Waals surface area (Å²) in [5.74, 6) is -0.720. The normalized spacial score (nSPS) is 26.8. The Balaban J connectivity index is 2.04. The Labute approximate surface area is 108 Å². The monoisotopic (exact) mass is 254 g/mol. The standard InChI is InChI=1S/C14H22O4/c1-3-16-13(15)10-14(17-8-9-18-14)12-6-4-11(2)5-7-12/h4,12H,3,5-10H2,1-2H3. The molecule has 0 aromatic rings. The summed E-state index contributed by atoms with van der Waals surface area (Å²) in [6.45, 7) is 5.49. The number of ether oxygens (including phenoxy) is 3. The molecule has 102 valence electrons. The van der Waals surface area contributed by atoms with Gasteiger partial charge in [-0.3, -0.25) is 4.79 Å². The lowest BCUT2D eigenvalue weighted by atomic mass is 9.82. The highest BCUT2D eigenvalue weighted by Gasteiger charge is 2.46. The van der Waals surface area contributed by atoms with Gasteiger partial charge in [-0.1, -0.05) is 11.6 Å². The van der Waals surface area contributed by atoms with E-state index in [2.05, 4.69) is 13.0 Å². The molecule has 0 radical (unpaired) electrons. The average Bonchev–Trinajstić information content (AvgIpc) is 2.79. The predicted octanol–water partition coefficient (Wildman–Crippen LogP) is 2.43. The van der Waals surface area contributed by atoms with E-state index < -0.39 is 5.79 Å². The van der Waals surface area contributed by atoms with Gasteiger partial charge in [0.15, 0.2) is 5.79 Å². The quantitative estimate of drug-likeness (QED) is 0.571. The summed E-state index contributed by atoms with van der Waals surface area (Å²) >= 11 is 0. The molecule has 2 rings (SSSR count). The molecule has 0 saturated carbocycles. The van der Waals surface area contributed by atoms with Gasteiger partial charge in [-0.15, -0.1) is 0 Å². The van der Waals surface area contributed by atoms with Crippen molar-refractivity contribution in [2.75, 3.05) is 19.8 Å². The first-order chi connectivity index (χ1) is 8.66. The number of hydrogen-bond donors (Lipinski definition) is 0. The summed E-state index contributed by atoms with van der Waals surface area (Å²) in [6, 6.07) is 0. The van der Waals surface area contributed by atoms with E-state index in [1.165, 1.54) is 5.57 Å². The second-order valence-electron chi connectivity index (χ2n) is 5.01. The van der Waals surface area contributed by atoms with Crippen LogP contribution in [0.15, 0.2) is 11.6 Å². The summed E-state index contributed by atoms with van der Waals surface area (Å²) < 4.78 is 16.6. The van der Waals surface area contributed by atoms with Crippen LogP contribution in [0.2, 0.25) is 0 Å². The molecule has 1 aliphatic carbocycles. The molecule has 1 unspecified atom stereocenters. The van der Waals surface area contributed by atoms with Gasteiger partial charge in [0.25, 0.3) is 0 Å². The lowest BCUT2D eigenvalue weighted by Crippen LogP contribution is -2.42. The molecular weight excluding hydrogens is 232 g/mol. The Kier molecular flexibility index (Phi) is 4.40. The Morgan fingerprint density at radius 1 is 1.50 bits per heavy atom. The second kappa shape index (κ2) is 5.85. The zero-order valence-electron chi connectivity index (χ0n) is 11.2. The molecule has 1 saturated heterocycles. The Morgan fingerprint density at radius 2 is 2.22 bits per heavy atom. The first-order valence-corrected chi connectivity index (χ1v) is 6.75. The number of esters is 1. The van der Waals surface area contributed by atoms with Crippen LogP contribution in [0.25, 0.3) is 0 Å². The number of allylic oxidation sites excluding steroid dienone is 2. The number of hydrogen-bond acceptors (Lipinski definition) is 4.